The fraction of sp³-hybridized carbons (Fsp3) is 0.833. The zero-order valence-corrected chi connectivity index (χ0v) is 11.7. The van der Waals surface area contributed by atoms with Gasteiger partial charge in [-0.05, 0) is 27.7 Å². The van der Waals surface area contributed by atoms with Gasteiger partial charge in [0.2, 0.25) is 5.91 Å². The molecule has 0 aliphatic carbocycles. The maximum atomic E-state index is 11.9. The van der Waals surface area contributed by atoms with Gasteiger partial charge in [-0.2, -0.15) is 0 Å². The Hall–Kier alpha value is -1.14. The van der Waals surface area contributed by atoms with Gasteiger partial charge in [0.1, 0.15) is 0 Å². The molecule has 0 spiro atoms. The molecule has 0 aromatic rings. The molecule has 1 rings (SSSR count). The molecule has 1 aliphatic rings. The summed E-state index contributed by atoms with van der Waals surface area (Å²) in [5.41, 5.74) is -0.345. The molecule has 6 nitrogen and oxygen atoms in total. The SMILES string of the molecule is CC(C(=O)NC(=O)NC(C)(C)C)N1CCNCC1. The molecular weight excluding hydrogens is 232 g/mol. The Labute approximate surface area is 108 Å². The van der Waals surface area contributed by atoms with Gasteiger partial charge in [-0.15, -0.1) is 0 Å². The molecule has 0 aromatic heterocycles. The first-order valence-corrected chi connectivity index (χ1v) is 6.37. The van der Waals surface area contributed by atoms with Crippen molar-refractivity contribution in [1.82, 2.24) is 20.9 Å². The lowest BCUT2D eigenvalue weighted by molar-refractivity contribution is -0.125. The van der Waals surface area contributed by atoms with Crippen LogP contribution in [0.4, 0.5) is 4.79 Å². The Morgan fingerprint density at radius 3 is 2.28 bits per heavy atom. The molecule has 1 saturated heterocycles. The van der Waals surface area contributed by atoms with Gasteiger partial charge in [0.15, 0.2) is 0 Å². The van der Waals surface area contributed by atoms with Gasteiger partial charge in [-0.25, -0.2) is 4.79 Å². The van der Waals surface area contributed by atoms with Crippen LogP contribution >= 0.6 is 0 Å². The van der Waals surface area contributed by atoms with E-state index in [1.165, 1.54) is 0 Å². The third-order valence-electron chi connectivity index (χ3n) is 2.80. The third kappa shape index (κ3) is 5.01. The molecule has 1 heterocycles. The minimum Gasteiger partial charge on any atom is -0.333 e. The maximum absolute atomic E-state index is 11.9. The molecule has 1 fully saturated rings. The molecular formula is C12H24N4O2. The van der Waals surface area contributed by atoms with Crippen LogP contribution in [-0.2, 0) is 4.79 Å². The third-order valence-corrected chi connectivity index (χ3v) is 2.80. The predicted octanol–water partition coefficient (Wildman–Crippen LogP) is -0.0956. The minimum absolute atomic E-state index is 0.251. The standard InChI is InChI=1S/C12H24N4O2/c1-9(16-7-5-13-6-8-16)10(17)14-11(18)15-12(2,3)4/h9,13H,5-8H2,1-4H3,(H2,14,15,17,18). The largest absolute Gasteiger partial charge is 0.333 e. The monoisotopic (exact) mass is 256 g/mol. The number of hydrogen-bond donors (Lipinski definition) is 3. The number of rotatable bonds is 2. The molecule has 0 radical (unpaired) electrons. The van der Waals surface area contributed by atoms with Crippen LogP contribution in [-0.4, -0.2) is 54.6 Å². The number of carbonyl (C=O) groups excluding carboxylic acids is 2. The second-order valence-electron chi connectivity index (χ2n) is 5.66. The van der Waals surface area contributed by atoms with Crippen molar-refractivity contribution >= 4 is 11.9 Å². The number of nitrogens with one attached hydrogen (secondary N) is 3. The Kier molecular flexibility index (Phi) is 5.10. The first kappa shape index (κ1) is 14.9. The van der Waals surface area contributed by atoms with Crippen molar-refractivity contribution in [3.05, 3.63) is 0 Å². The summed E-state index contributed by atoms with van der Waals surface area (Å²) in [4.78, 5) is 25.6. The lowest BCUT2D eigenvalue weighted by Crippen LogP contribution is -2.56. The van der Waals surface area contributed by atoms with E-state index in [1.807, 2.05) is 27.7 Å². The number of carbonyl (C=O) groups is 2. The van der Waals surface area contributed by atoms with Crippen LogP contribution in [0.15, 0.2) is 0 Å². The zero-order chi connectivity index (χ0) is 13.8. The topological polar surface area (TPSA) is 73.5 Å². The lowest BCUT2D eigenvalue weighted by Gasteiger charge is -2.31. The summed E-state index contributed by atoms with van der Waals surface area (Å²) in [7, 11) is 0. The summed E-state index contributed by atoms with van der Waals surface area (Å²) in [6.07, 6.45) is 0. The molecule has 6 heteroatoms. The quantitative estimate of drug-likeness (QED) is 0.645. The summed E-state index contributed by atoms with van der Waals surface area (Å²) < 4.78 is 0. The maximum Gasteiger partial charge on any atom is 0.321 e. The molecule has 1 atom stereocenters. The first-order valence-electron chi connectivity index (χ1n) is 6.37. The van der Waals surface area contributed by atoms with E-state index in [0.29, 0.717) is 0 Å². The normalized spacial score (nSPS) is 19.1. The van der Waals surface area contributed by atoms with E-state index in [2.05, 4.69) is 20.9 Å². The van der Waals surface area contributed by atoms with Crippen LogP contribution in [0, 0.1) is 0 Å². The Morgan fingerprint density at radius 1 is 1.22 bits per heavy atom. The molecule has 0 saturated carbocycles. The van der Waals surface area contributed by atoms with Crippen molar-refractivity contribution in [2.45, 2.75) is 39.3 Å². The van der Waals surface area contributed by atoms with Crippen LogP contribution in [0.3, 0.4) is 0 Å². The molecule has 0 aromatic carbocycles. The van der Waals surface area contributed by atoms with Crippen molar-refractivity contribution in [3.63, 3.8) is 0 Å². The molecule has 3 N–H and O–H groups in total. The summed E-state index contributed by atoms with van der Waals surface area (Å²) in [6.45, 7) is 10.9. The summed E-state index contributed by atoms with van der Waals surface area (Å²) in [5, 5.41) is 8.32. The van der Waals surface area contributed by atoms with Crippen molar-refractivity contribution in [3.8, 4) is 0 Å². The Morgan fingerprint density at radius 2 is 1.78 bits per heavy atom. The van der Waals surface area contributed by atoms with E-state index < -0.39 is 6.03 Å². The van der Waals surface area contributed by atoms with Gasteiger partial charge in [-0.1, -0.05) is 0 Å². The molecule has 18 heavy (non-hydrogen) atoms. The molecule has 1 unspecified atom stereocenters. The van der Waals surface area contributed by atoms with E-state index >= 15 is 0 Å². The van der Waals surface area contributed by atoms with E-state index in [9.17, 15) is 9.59 Å². The second kappa shape index (κ2) is 6.15. The Bertz CT molecular complexity index is 306. The van der Waals surface area contributed by atoms with Crippen LogP contribution in [0.1, 0.15) is 27.7 Å². The van der Waals surface area contributed by atoms with Gasteiger partial charge >= 0.3 is 6.03 Å². The number of imide groups is 1. The molecule has 0 bridgehead atoms. The molecule has 3 amide bonds. The summed E-state index contributed by atoms with van der Waals surface area (Å²) >= 11 is 0. The Balaban J connectivity index is 2.41. The van der Waals surface area contributed by atoms with Crippen LogP contribution < -0.4 is 16.0 Å². The van der Waals surface area contributed by atoms with E-state index in [1.54, 1.807) is 0 Å². The highest BCUT2D eigenvalue weighted by Crippen LogP contribution is 2.02. The van der Waals surface area contributed by atoms with Crippen LogP contribution in [0.2, 0.25) is 0 Å². The smallest absolute Gasteiger partial charge is 0.321 e. The summed E-state index contributed by atoms with van der Waals surface area (Å²) in [5.74, 6) is -0.251. The molecule has 104 valence electrons. The van der Waals surface area contributed by atoms with Crippen molar-refractivity contribution in [2.24, 2.45) is 0 Å². The van der Waals surface area contributed by atoms with Gasteiger partial charge in [-0.3, -0.25) is 15.0 Å². The fourth-order valence-electron chi connectivity index (χ4n) is 1.82. The van der Waals surface area contributed by atoms with Gasteiger partial charge in [0.25, 0.3) is 0 Å². The highest BCUT2D eigenvalue weighted by atomic mass is 16.2. The number of piperazine rings is 1. The number of nitrogens with zero attached hydrogens (tertiary/aromatic N) is 1. The zero-order valence-electron chi connectivity index (χ0n) is 11.7. The van der Waals surface area contributed by atoms with E-state index in [-0.39, 0.29) is 17.5 Å². The number of hydrogen-bond acceptors (Lipinski definition) is 4. The second-order valence-corrected chi connectivity index (χ2v) is 5.66. The highest BCUT2D eigenvalue weighted by Gasteiger charge is 2.24. The number of amides is 3. The highest BCUT2D eigenvalue weighted by molar-refractivity contribution is 5.97. The van der Waals surface area contributed by atoms with Crippen molar-refractivity contribution < 1.29 is 9.59 Å². The van der Waals surface area contributed by atoms with E-state index in [0.717, 1.165) is 26.2 Å². The fourth-order valence-corrected chi connectivity index (χ4v) is 1.82. The van der Waals surface area contributed by atoms with Crippen molar-refractivity contribution in [1.29, 1.82) is 0 Å². The van der Waals surface area contributed by atoms with Gasteiger partial charge < -0.3 is 10.6 Å². The van der Waals surface area contributed by atoms with Crippen LogP contribution in [0.25, 0.3) is 0 Å². The van der Waals surface area contributed by atoms with Gasteiger partial charge in [0.05, 0.1) is 6.04 Å². The average molecular weight is 256 g/mol. The first-order chi connectivity index (χ1) is 8.29. The predicted molar refractivity (Wildman–Crippen MR) is 70.3 cm³/mol. The summed E-state index contributed by atoms with van der Waals surface area (Å²) in [6, 6.07) is -0.715. The number of urea groups is 1. The molecule has 1 aliphatic heterocycles. The van der Waals surface area contributed by atoms with Crippen molar-refractivity contribution in [2.75, 3.05) is 26.2 Å². The van der Waals surface area contributed by atoms with Gasteiger partial charge in [0, 0.05) is 31.7 Å². The lowest BCUT2D eigenvalue weighted by atomic mass is 10.1. The van der Waals surface area contributed by atoms with E-state index in [4.69, 9.17) is 0 Å². The average Bonchev–Trinajstić information content (AvgIpc) is 2.26. The van der Waals surface area contributed by atoms with Crippen LogP contribution in [0.5, 0.6) is 0 Å². The minimum atomic E-state index is -0.436.